The molecule has 0 amide bonds. The minimum absolute atomic E-state index is 0.0264. The molecule has 1 saturated carbocycles. The van der Waals surface area contributed by atoms with E-state index in [0.717, 1.165) is 54.0 Å². The molecule has 0 bridgehead atoms. The van der Waals surface area contributed by atoms with E-state index in [9.17, 15) is 4.79 Å². The summed E-state index contributed by atoms with van der Waals surface area (Å²) in [5.41, 5.74) is 2.81. The van der Waals surface area contributed by atoms with Gasteiger partial charge in [-0.25, -0.2) is 9.97 Å². The number of nitrogens with one attached hydrogen (secondary N) is 1. The fourth-order valence-corrected chi connectivity index (χ4v) is 4.82. The van der Waals surface area contributed by atoms with Crippen LogP contribution in [0.4, 0.5) is 0 Å². The van der Waals surface area contributed by atoms with Crippen LogP contribution in [0.3, 0.4) is 0 Å². The minimum atomic E-state index is -0.0264. The summed E-state index contributed by atoms with van der Waals surface area (Å²) in [4.78, 5) is 28.1. The number of aromatic amines is 1. The highest BCUT2D eigenvalue weighted by Gasteiger charge is 2.22. The van der Waals surface area contributed by atoms with Gasteiger partial charge >= 0.3 is 0 Å². The second-order valence-electron chi connectivity index (χ2n) is 7.81. The van der Waals surface area contributed by atoms with Gasteiger partial charge in [-0.2, -0.15) is 0 Å². The average Bonchev–Trinajstić information content (AvgIpc) is 3.44. The number of thiophene rings is 1. The van der Waals surface area contributed by atoms with Gasteiger partial charge in [0, 0.05) is 38.3 Å². The molecule has 3 aromatic heterocycles. The number of pyridine rings is 1. The van der Waals surface area contributed by atoms with Crippen LogP contribution in [0, 0.1) is 0 Å². The molecule has 0 saturated heterocycles. The molecule has 0 unspecified atom stereocenters. The maximum absolute atomic E-state index is 12.6. The van der Waals surface area contributed by atoms with E-state index in [4.69, 9.17) is 9.72 Å². The third-order valence-corrected chi connectivity index (χ3v) is 6.57. The van der Waals surface area contributed by atoms with E-state index in [0.29, 0.717) is 24.4 Å². The van der Waals surface area contributed by atoms with Gasteiger partial charge in [0.05, 0.1) is 16.1 Å². The van der Waals surface area contributed by atoms with Crippen LogP contribution in [0.1, 0.15) is 42.5 Å². The van der Waals surface area contributed by atoms with Crippen molar-refractivity contribution in [3.05, 3.63) is 63.0 Å². The molecule has 0 spiro atoms. The zero-order valence-electron chi connectivity index (χ0n) is 16.3. The Kier molecular flexibility index (Phi) is 5.16. The Morgan fingerprint density at radius 1 is 1.24 bits per heavy atom. The standard InChI is InChI=1S/C22H24N4O2S/c27-22-17-14-26(10-9-18(17)24-21(25-22)19-6-3-11-29-19)13-15-7-8-20(23-12-15)28-16-4-1-2-5-16/h3,6-8,11-12,16H,1-2,4-5,9-10,13-14H2,(H,24,25,27). The normalized spacial score (nSPS) is 17.4. The number of fused-ring (bicyclic) bond motifs is 1. The van der Waals surface area contributed by atoms with Crippen LogP contribution in [0.2, 0.25) is 0 Å². The van der Waals surface area contributed by atoms with Gasteiger partial charge in [-0.05, 0) is 42.7 Å². The van der Waals surface area contributed by atoms with E-state index in [1.807, 2.05) is 29.8 Å². The number of ether oxygens (including phenoxy) is 1. The SMILES string of the molecule is O=c1[nH]c(-c2cccs2)nc2c1CN(Cc1ccc(OC3CCCC3)nc1)CC2. The number of rotatable bonds is 5. The molecule has 4 heterocycles. The van der Waals surface area contributed by atoms with Gasteiger partial charge in [-0.15, -0.1) is 11.3 Å². The second-order valence-corrected chi connectivity index (χ2v) is 8.75. The zero-order valence-corrected chi connectivity index (χ0v) is 17.1. The Labute approximate surface area is 173 Å². The summed E-state index contributed by atoms with van der Waals surface area (Å²) in [5.74, 6) is 1.39. The number of hydrogen-bond acceptors (Lipinski definition) is 6. The lowest BCUT2D eigenvalue weighted by molar-refractivity contribution is 0.201. The number of nitrogens with zero attached hydrogens (tertiary/aromatic N) is 3. The summed E-state index contributed by atoms with van der Waals surface area (Å²) in [5, 5.41) is 1.99. The van der Waals surface area contributed by atoms with Gasteiger partial charge < -0.3 is 9.72 Å². The third-order valence-electron chi connectivity index (χ3n) is 5.70. The number of hydrogen-bond donors (Lipinski definition) is 1. The van der Waals surface area contributed by atoms with Gasteiger partial charge in [0.15, 0.2) is 5.82 Å². The zero-order chi connectivity index (χ0) is 19.6. The predicted molar refractivity (Wildman–Crippen MR) is 113 cm³/mol. The first-order chi connectivity index (χ1) is 14.2. The van der Waals surface area contributed by atoms with Gasteiger partial charge in [0.1, 0.15) is 6.10 Å². The molecule has 1 aliphatic heterocycles. The molecular formula is C22H24N4O2S. The third kappa shape index (κ3) is 4.11. The first-order valence-corrected chi connectivity index (χ1v) is 11.1. The van der Waals surface area contributed by atoms with Crippen LogP contribution in [-0.4, -0.2) is 32.5 Å². The lowest BCUT2D eigenvalue weighted by atomic mass is 10.1. The predicted octanol–water partition coefficient (Wildman–Crippen LogP) is 3.77. The second kappa shape index (κ2) is 8.08. The summed E-state index contributed by atoms with van der Waals surface area (Å²) in [6, 6.07) is 8.00. The molecule has 6 nitrogen and oxygen atoms in total. The van der Waals surface area contributed by atoms with Gasteiger partial charge in [-0.3, -0.25) is 9.69 Å². The molecule has 29 heavy (non-hydrogen) atoms. The molecule has 2 aliphatic rings. The number of H-pyrrole nitrogens is 1. The Hall–Kier alpha value is -2.51. The summed E-state index contributed by atoms with van der Waals surface area (Å²) in [6.45, 7) is 2.26. The molecule has 0 atom stereocenters. The Balaban J connectivity index is 1.26. The van der Waals surface area contributed by atoms with E-state index >= 15 is 0 Å². The lowest BCUT2D eigenvalue weighted by Gasteiger charge is -2.27. The van der Waals surface area contributed by atoms with E-state index in [1.165, 1.54) is 12.8 Å². The molecule has 5 rings (SSSR count). The topological polar surface area (TPSA) is 71.1 Å². The Morgan fingerprint density at radius 2 is 2.14 bits per heavy atom. The van der Waals surface area contributed by atoms with Gasteiger partial charge in [-0.1, -0.05) is 12.1 Å². The van der Waals surface area contributed by atoms with Crippen molar-refractivity contribution < 1.29 is 4.74 Å². The maximum atomic E-state index is 12.6. The molecule has 0 radical (unpaired) electrons. The molecule has 7 heteroatoms. The monoisotopic (exact) mass is 408 g/mol. The molecule has 1 aliphatic carbocycles. The van der Waals surface area contributed by atoms with E-state index in [1.54, 1.807) is 11.3 Å². The van der Waals surface area contributed by atoms with Gasteiger partial charge in [0.2, 0.25) is 5.88 Å². The number of aromatic nitrogens is 3. The molecule has 150 valence electrons. The maximum Gasteiger partial charge on any atom is 0.255 e. The van der Waals surface area contributed by atoms with Crippen LogP contribution in [0.15, 0.2) is 40.6 Å². The lowest BCUT2D eigenvalue weighted by Crippen LogP contribution is -2.35. The molecule has 3 aromatic rings. The molecule has 0 aromatic carbocycles. The van der Waals surface area contributed by atoms with Crippen molar-refractivity contribution >= 4 is 11.3 Å². The van der Waals surface area contributed by atoms with E-state index in [2.05, 4.69) is 20.9 Å². The highest BCUT2D eigenvalue weighted by molar-refractivity contribution is 7.13. The van der Waals surface area contributed by atoms with Crippen molar-refractivity contribution in [2.45, 2.75) is 51.3 Å². The summed E-state index contributed by atoms with van der Waals surface area (Å²) < 4.78 is 5.95. The van der Waals surface area contributed by atoms with Crippen LogP contribution >= 0.6 is 11.3 Å². The summed E-state index contributed by atoms with van der Waals surface area (Å²) in [6.07, 6.45) is 7.77. The van der Waals surface area contributed by atoms with E-state index in [-0.39, 0.29) is 5.56 Å². The summed E-state index contributed by atoms with van der Waals surface area (Å²) in [7, 11) is 0. The molecule has 1 fully saturated rings. The Bertz CT molecular complexity index is 1020. The average molecular weight is 409 g/mol. The van der Waals surface area contributed by atoms with Crippen molar-refractivity contribution in [1.29, 1.82) is 0 Å². The highest BCUT2D eigenvalue weighted by Crippen LogP contribution is 2.24. The highest BCUT2D eigenvalue weighted by atomic mass is 32.1. The van der Waals surface area contributed by atoms with Crippen molar-refractivity contribution in [2.24, 2.45) is 0 Å². The molecular weight excluding hydrogens is 384 g/mol. The van der Waals surface area contributed by atoms with Crippen molar-refractivity contribution in [2.75, 3.05) is 6.54 Å². The first kappa shape index (κ1) is 18.5. The Morgan fingerprint density at radius 3 is 2.90 bits per heavy atom. The van der Waals surface area contributed by atoms with Crippen molar-refractivity contribution in [3.8, 4) is 16.6 Å². The van der Waals surface area contributed by atoms with Crippen LogP contribution in [0.5, 0.6) is 5.88 Å². The largest absolute Gasteiger partial charge is 0.474 e. The van der Waals surface area contributed by atoms with Crippen LogP contribution in [-0.2, 0) is 19.5 Å². The smallest absolute Gasteiger partial charge is 0.255 e. The van der Waals surface area contributed by atoms with Gasteiger partial charge in [0.25, 0.3) is 5.56 Å². The summed E-state index contributed by atoms with van der Waals surface area (Å²) >= 11 is 1.59. The van der Waals surface area contributed by atoms with Crippen LogP contribution < -0.4 is 10.3 Å². The quantitative estimate of drug-likeness (QED) is 0.696. The molecule has 1 N–H and O–H groups in total. The van der Waals surface area contributed by atoms with Crippen LogP contribution in [0.25, 0.3) is 10.7 Å². The van der Waals surface area contributed by atoms with E-state index < -0.39 is 0 Å². The fraction of sp³-hybridized carbons (Fsp3) is 0.409. The first-order valence-electron chi connectivity index (χ1n) is 10.2. The van der Waals surface area contributed by atoms with Crippen molar-refractivity contribution in [1.82, 2.24) is 19.9 Å². The fourth-order valence-electron chi connectivity index (χ4n) is 4.16. The minimum Gasteiger partial charge on any atom is -0.474 e. The van der Waals surface area contributed by atoms with Crippen molar-refractivity contribution in [3.63, 3.8) is 0 Å².